The molecule has 0 aliphatic carbocycles. The number of nitrogens with one attached hydrogen (secondary N) is 1. The number of nitrogens with zero attached hydrogens (tertiary/aromatic N) is 2. The van der Waals surface area contributed by atoms with Crippen molar-refractivity contribution in [3.8, 4) is 0 Å². The second-order valence-electron chi connectivity index (χ2n) is 3.74. The molecule has 0 spiro atoms. The Labute approximate surface area is 114 Å². The summed E-state index contributed by atoms with van der Waals surface area (Å²) >= 11 is 0. The van der Waals surface area contributed by atoms with Gasteiger partial charge < -0.3 is 10.1 Å². The van der Waals surface area contributed by atoms with Crippen LogP contribution in [0.2, 0.25) is 0 Å². The van der Waals surface area contributed by atoms with Crippen molar-refractivity contribution in [2.24, 2.45) is 0 Å². The largest absolute Gasteiger partial charge is 0.463 e. The molecule has 8 heteroatoms. The lowest BCUT2D eigenvalue weighted by molar-refractivity contribution is -0.384. The zero-order valence-corrected chi connectivity index (χ0v) is 10.7. The Kier molecular flexibility index (Phi) is 4.75. The topological polar surface area (TPSA) is 103 Å². The average Bonchev–Trinajstić information content (AvgIpc) is 2.38. The number of anilines is 1. The highest BCUT2D eigenvalue weighted by molar-refractivity contribution is 5.93. The second-order valence-corrected chi connectivity index (χ2v) is 3.74. The summed E-state index contributed by atoms with van der Waals surface area (Å²) in [6.45, 7) is 8.19. The Bertz CT molecular complexity index is 606. The van der Waals surface area contributed by atoms with Gasteiger partial charge in [0.2, 0.25) is 5.91 Å². The van der Waals surface area contributed by atoms with E-state index in [0.717, 1.165) is 7.11 Å². The van der Waals surface area contributed by atoms with Crippen molar-refractivity contribution in [2.75, 3.05) is 12.4 Å². The zero-order chi connectivity index (χ0) is 15.3. The first kappa shape index (κ1) is 15.1. The number of rotatable bonds is 4. The lowest BCUT2D eigenvalue weighted by atomic mass is 10.0. The van der Waals surface area contributed by atoms with Crippen molar-refractivity contribution in [1.82, 2.24) is 0 Å². The summed E-state index contributed by atoms with van der Waals surface area (Å²) in [7, 11) is 1.09. The number of esters is 1. The van der Waals surface area contributed by atoms with Crippen LogP contribution in [-0.2, 0) is 14.3 Å². The Morgan fingerprint density at radius 2 is 2.15 bits per heavy atom. The predicted molar refractivity (Wildman–Crippen MR) is 68.8 cm³/mol. The molecule has 8 nitrogen and oxygen atoms in total. The molecule has 0 aliphatic heterocycles. The van der Waals surface area contributed by atoms with Gasteiger partial charge in [0.25, 0.3) is 0 Å². The maximum Gasteiger partial charge on any atom is 0.395 e. The summed E-state index contributed by atoms with van der Waals surface area (Å²) in [5.74, 6) is -1.40. The number of nitro groups is 1. The number of para-hydroxylation sites is 1. The first-order valence-corrected chi connectivity index (χ1v) is 5.41. The molecule has 1 unspecified atom stereocenters. The van der Waals surface area contributed by atoms with Crippen LogP contribution >= 0.6 is 0 Å². The highest BCUT2D eigenvalue weighted by atomic mass is 16.6. The quantitative estimate of drug-likeness (QED) is 0.390. The first-order valence-electron chi connectivity index (χ1n) is 5.41. The molecule has 0 aromatic heterocycles. The number of methoxy groups -OCH3 is 1. The molecule has 1 atom stereocenters. The van der Waals surface area contributed by atoms with Crippen LogP contribution in [0, 0.1) is 16.7 Å². The summed E-state index contributed by atoms with van der Waals surface area (Å²) in [4.78, 5) is 36.0. The Balaban J connectivity index is 3.46. The van der Waals surface area contributed by atoms with Crippen LogP contribution in [0.1, 0.15) is 18.5 Å². The average molecular weight is 277 g/mol. The molecular weight excluding hydrogens is 266 g/mol. The van der Waals surface area contributed by atoms with Crippen LogP contribution in [0.5, 0.6) is 0 Å². The summed E-state index contributed by atoms with van der Waals surface area (Å²) in [6, 6.07) is 2.56. The van der Waals surface area contributed by atoms with Crippen LogP contribution in [0.4, 0.5) is 11.4 Å². The van der Waals surface area contributed by atoms with Gasteiger partial charge in [-0.3, -0.25) is 19.8 Å². The number of hydrogen-bond acceptors (Lipinski definition) is 5. The molecule has 0 aliphatic rings. The van der Waals surface area contributed by atoms with Crippen LogP contribution in [0.25, 0.3) is 4.85 Å². The van der Waals surface area contributed by atoms with Gasteiger partial charge in [0.1, 0.15) is 11.3 Å². The third-order valence-electron chi connectivity index (χ3n) is 2.41. The predicted octanol–water partition coefficient (Wildman–Crippen LogP) is 1.69. The number of carbonyl (C=O) groups is 2. The summed E-state index contributed by atoms with van der Waals surface area (Å²) < 4.78 is 4.45. The van der Waals surface area contributed by atoms with Gasteiger partial charge in [-0.2, -0.15) is 0 Å². The van der Waals surface area contributed by atoms with Gasteiger partial charge in [-0.25, -0.2) is 11.4 Å². The molecule has 0 saturated heterocycles. The van der Waals surface area contributed by atoms with Gasteiger partial charge in [-0.1, -0.05) is 6.07 Å². The molecule has 0 saturated carbocycles. The van der Waals surface area contributed by atoms with E-state index < -0.39 is 28.5 Å². The minimum absolute atomic E-state index is 0.0717. The molecule has 1 N–H and O–H groups in total. The molecule has 0 bridgehead atoms. The maximum atomic E-state index is 11.5. The Morgan fingerprint density at radius 1 is 1.50 bits per heavy atom. The maximum absolute atomic E-state index is 11.5. The van der Waals surface area contributed by atoms with Crippen molar-refractivity contribution < 1.29 is 19.2 Å². The van der Waals surface area contributed by atoms with Gasteiger partial charge in [0.05, 0.1) is 12.0 Å². The van der Waals surface area contributed by atoms with E-state index in [1.807, 2.05) is 0 Å². The zero-order valence-electron chi connectivity index (χ0n) is 10.7. The standard InChI is InChI=1S/C12H11N3O5/c1-7(16)14-9-6-4-5-8(11(9)15(18)19)10(13-2)12(17)20-3/h4-6,10H,1,3H3,(H,14,16). The lowest BCUT2D eigenvalue weighted by Crippen LogP contribution is -2.15. The minimum atomic E-state index is -1.45. The Morgan fingerprint density at radius 3 is 2.60 bits per heavy atom. The third kappa shape index (κ3) is 3.08. The van der Waals surface area contributed by atoms with Gasteiger partial charge >= 0.3 is 17.7 Å². The lowest BCUT2D eigenvalue weighted by Gasteiger charge is -2.08. The van der Waals surface area contributed by atoms with E-state index in [1.54, 1.807) is 0 Å². The molecule has 1 amide bonds. The van der Waals surface area contributed by atoms with Crippen molar-refractivity contribution in [1.29, 1.82) is 0 Å². The normalized spacial score (nSPS) is 11.1. The van der Waals surface area contributed by atoms with E-state index in [9.17, 15) is 19.7 Å². The molecule has 0 radical (unpaired) electrons. The number of nitro benzene ring substituents is 1. The molecule has 104 valence electrons. The number of hydrogen-bond donors (Lipinski definition) is 1. The van der Waals surface area contributed by atoms with Crippen LogP contribution in [-0.4, -0.2) is 23.9 Å². The van der Waals surface area contributed by atoms with E-state index in [2.05, 4.69) is 14.9 Å². The molecule has 1 aromatic rings. The van der Waals surface area contributed by atoms with Crippen LogP contribution in [0.15, 0.2) is 18.2 Å². The molecule has 20 heavy (non-hydrogen) atoms. The summed E-state index contributed by atoms with van der Waals surface area (Å²) in [5.41, 5.74) is -0.685. The van der Waals surface area contributed by atoms with Gasteiger partial charge in [0.15, 0.2) is 0 Å². The van der Waals surface area contributed by atoms with Gasteiger partial charge in [-0.05, 0) is 12.1 Å². The third-order valence-corrected chi connectivity index (χ3v) is 2.41. The molecule has 1 aromatic carbocycles. The fourth-order valence-electron chi connectivity index (χ4n) is 1.64. The van der Waals surface area contributed by atoms with E-state index in [0.29, 0.717) is 0 Å². The first-order chi connectivity index (χ1) is 9.42. The molecular formula is C12H11N3O5. The van der Waals surface area contributed by atoms with E-state index >= 15 is 0 Å². The van der Waals surface area contributed by atoms with Crippen molar-refractivity contribution >= 4 is 23.3 Å². The van der Waals surface area contributed by atoms with E-state index in [4.69, 9.17) is 6.57 Å². The highest BCUT2D eigenvalue weighted by Gasteiger charge is 2.36. The fourth-order valence-corrected chi connectivity index (χ4v) is 1.64. The van der Waals surface area contributed by atoms with Crippen LogP contribution in [0.3, 0.4) is 0 Å². The number of amides is 1. The second kappa shape index (κ2) is 6.29. The van der Waals surface area contributed by atoms with Gasteiger partial charge in [0, 0.05) is 6.92 Å². The van der Waals surface area contributed by atoms with E-state index in [-0.39, 0.29) is 11.3 Å². The minimum Gasteiger partial charge on any atom is -0.463 e. The molecule has 0 heterocycles. The number of benzene rings is 1. The highest BCUT2D eigenvalue weighted by Crippen LogP contribution is 2.34. The summed E-state index contributed by atoms with van der Waals surface area (Å²) in [5, 5.41) is 13.5. The molecule has 0 fully saturated rings. The van der Waals surface area contributed by atoms with Crippen molar-refractivity contribution in [3.05, 3.63) is 45.3 Å². The van der Waals surface area contributed by atoms with Crippen LogP contribution < -0.4 is 5.32 Å². The Hall–Kier alpha value is -2.95. The number of ether oxygens (including phenoxy) is 1. The van der Waals surface area contributed by atoms with E-state index in [1.165, 1.54) is 25.1 Å². The van der Waals surface area contributed by atoms with Gasteiger partial charge in [-0.15, -0.1) is 0 Å². The molecule has 1 rings (SSSR count). The van der Waals surface area contributed by atoms with Crippen molar-refractivity contribution in [3.63, 3.8) is 0 Å². The number of carbonyl (C=O) groups excluding carboxylic acids is 2. The smallest absolute Gasteiger partial charge is 0.395 e. The summed E-state index contributed by atoms with van der Waals surface area (Å²) in [6.07, 6.45) is 0. The monoisotopic (exact) mass is 277 g/mol. The fraction of sp³-hybridized carbons (Fsp3) is 0.250. The SMILES string of the molecule is [C-]#[N+]C(C(=O)OC)c1cccc(NC(C)=O)c1[N+](=O)[O-]. The van der Waals surface area contributed by atoms with Crippen molar-refractivity contribution in [2.45, 2.75) is 13.0 Å².